The summed E-state index contributed by atoms with van der Waals surface area (Å²) in [6, 6.07) is 9.63. The molecule has 0 aliphatic rings. The molecule has 2 aromatic heterocycles. The lowest BCUT2D eigenvalue weighted by Gasteiger charge is -2.10. The minimum Gasteiger partial charge on any atom is -0.493 e. The van der Waals surface area contributed by atoms with Crippen LogP contribution in [0.2, 0.25) is 0 Å². The minimum atomic E-state index is 0.139. The van der Waals surface area contributed by atoms with Crippen molar-refractivity contribution in [3.8, 4) is 11.6 Å². The molecule has 0 saturated heterocycles. The van der Waals surface area contributed by atoms with Crippen molar-refractivity contribution in [2.75, 3.05) is 5.32 Å². The third kappa shape index (κ3) is 3.15. The molecule has 0 bridgehead atoms. The second-order valence-electron chi connectivity index (χ2n) is 5.37. The monoisotopic (exact) mass is 309 g/mol. The van der Waals surface area contributed by atoms with E-state index in [0.717, 1.165) is 35.0 Å². The topological polar surface area (TPSA) is 75.9 Å². The molecule has 0 aliphatic carbocycles. The zero-order valence-corrected chi connectivity index (χ0v) is 13.4. The molecule has 0 saturated carbocycles. The van der Waals surface area contributed by atoms with Gasteiger partial charge in [-0.05, 0) is 44.2 Å². The summed E-state index contributed by atoms with van der Waals surface area (Å²) in [5.41, 5.74) is 3.60. The van der Waals surface area contributed by atoms with Gasteiger partial charge in [-0.2, -0.15) is 0 Å². The summed E-state index contributed by atoms with van der Waals surface area (Å²) < 4.78 is 1.73. The summed E-state index contributed by atoms with van der Waals surface area (Å²) in [5.74, 6) is 1.54. The van der Waals surface area contributed by atoms with Crippen LogP contribution in [0.25, 0.3) is 5.69 Å². The van der Waals surface area contributed by atoms with E-state index in [0.29, 0.717) is 5.95 Å². The van der Waals surface area contributed by atoms with Crippen LogP contribution in [0.3, 0.4) is 0 Å². The van der Waals surface area contributed by atoms with Crippen LogP contribution in [0.5, 0.6) is 5.88 Å². The summed E-state index contributed by atoms with van der Waals surface area (Å²) in [4.78, 5) is 12.9. The number of rotatable bonds is 4. The molecule has 0 unspecified atom stereocenters. The number of aryl methyl sites for hydroxylation is 3. The second kappa shape index (κ2) is 6.08. The third-order valence-corrected chi connectivity index (χ3v) is 3.50. The second-order valence-corrected chi connectivity index (χ2v) is 5.37. The van der Waals surface area contributed by atoms with Gasteiger partial charge in [-0.25, -0.2) is 15.0 Å². The normalized spacial score (nSPS) is 10.7. The summed E-state index contributed by atoms with van der Waals surface area (Å²) in [6.07, 6.45) is 2.21. The van der Waals surface area contributed by atoms with E-state index in [1.165, 1.54) is 6.20 Å². The van der Waals surface area contributed by atoms with Crippen molar-refractivity contribution >= 4 is 11.6 Å². The number of aromatic hydroxyl groups is 1. The first-order chi connectivity index (χ1) is 11.1. The fourth-order valence-electron chi connectivity index (χ4n) is 2.52. The Morgan fingerprint density at radius 1 is 1.09 bits per heavy atom. The van der Waals surface area contributed by atoms with Gasteiger partial charge in [0.05, 0.1) is 11.9 Å². The molecule has 2 N–H and O–H groups in total. The maximum atomic E-state index is 9.95. The molecule has 0 amide bonds. The van der Waals surface area contributed by atoms with E-state index in [1.54, 1.807) is 4.57 Å². The molecule has 6 heteroatoms. The Balaban J connectivity index is 1.86. The van der Waals surface area contributed by atoms with Crippen LogP contribution in [-0.4, -0.2) is 24.6 Å². The predicted molar refractivity (Wildman–Crippen MR) is 89.4 cm³/mol. The number of nitrogens with one attached hydrogen (secondary N) is 1. The smallest absolute Gasteiger partial charge is 0.227 e. The molecule has 0 radical (unpaired) electrons. The Morgan fingerprint density at radius 2 is 1.74 bits per heavy atom. The van der Waals surface area contributed by atoms with Crippen molar-refractivity contribution in [3.05, 3.63) is 53.7 Å². The summed E-state index contributed by atoms with van der Waals surface area (Å²) in [6.45, 7) is 5.89. The van der Waals surface area contributed by atoms with E-state index in [4.69, 9.17) is 0 Å². The van der Waals surface area contributed by atoms with E-state index in [-0.39, 0.29) is 5.88 Å². The third-order valence-electron chi connectivity index (χ3n) is 3.50. The van der Waals surface area contributed by atoms with Crippen LogP contribution in [-0.2, 0) is 6.42 Å². The Kier molecular flexibility index (Phi) is 3.97. The number of anilines is 2. The highest BCUT2D eigenvalue weighted by atomic mass is 16.3. The Labute approximate surface area is 134 Å². The van der Waals surface area contributed by atoms with Crippen molar-refractivity contribution in [1.82, 2.24) is 19.5 Å². The van der Waals surface area contributed by atoms with Crippen molar-refractivity contribution in [3.63, 3.8) is 0 Å². The van der Waals surface area contributed by atoms with Crippen molar-refractivity contribution < 1.29 is 5.11 Å². The molecule has 0 spiro atoms. The first-order valence-electron chi connectivity index (χ1n) is 7.52. The highest BCUT2D eigenvalue weighted by Gasteiger charge is 2.09. The van der Waals surface area contributed by atoms with Crippen LogP contribution >= 0.6 is 0 Å². The molecule has 2 heterocycles. The van der Waals surface area contributed by atoms with Crippen LogP contribution < -0.4 is 5.32 Å². The maximum Gasteiger partial charge on any atom is 0.227 e. The molecule has 0 aliphatic heterocycles. The number of hydrogen-bond acceptors (Lipinski definition) is 5. The molecule has 6 nitrogen and oxygen atoms in total. The Hall–Kier alpha value is -2.89. The first-order valence-corrected chi connectivity index (χ1v) is 7.52. The van der Waals surface area contributed by atoms with E-state index >= 15 is 0 Å². The molecule has 3 aromatic rings. The van der Waals surface area contributed by atoms with Gasteiger partial charge in [0.25, 0.3) is 0 Å². The maximum absolute atomic E-state index is 9.95. The average Bonchev–Trinajstić information content (AvgIpc) is 2.88. The highest BCUT2D eigenvalue weighted by molar-refractivity contribution is 5.56. The number of nitrogens with zero attached hydrogens (tertiary/aromatic N) is 4. The van der Waals surface area contributed by atoms with Crippen LogP contribution in [0.15, 0.2) is 36.5 Å². The Morgan fingerprint density at radius 3 is 2.35 bits per heavy atom. The largest absolute Gasteiger partial charge is 0.493 e. The average molecular weight is 309 g/mol. The molecule has 23 heavy (non-hydrogen) atoms. The SMILES string of the molecule is CCc1ncc(O)n1-c1ccc(Nc2nc(C)cc(C)n2)cc1. The van der Waals surface area contributed by atoms with Gasteiger partial charge in [0.2, 0.25) is 11.8 Å². The molecule has 0 fully saturated rings. The standard InChI is InChI=1S/C17H19N5O/c1-4-15-18-10-16(23)22(15)14-7-5-13(6-8-14)21-17-19-11(2)9-12(3)20-17/h5-10,23H,4H2,1-3H3,(H,19,20,21). The number of imidazole rings is 1. The summed E-state index contributed by atoms with van der Waals surface area (Å²) in [7, 11) is 0. The quantitative estimate of drug-likeness (QED) is 0.773. The van der Waals surface area contributed by atoms with Crippen molar-refractivity contribution in [1.29, 1.82) is 0 Å². The van der Waals surface area contributed by atoms with Gasteiger partial charge in [0.1, 0.15) is 5.82 Å². The lowest BCUT2D eigenvalue weighted by Crippen LogP contribution is -2.02. The van der Waals surface area contributed by atoms with Gasteiger partial charge in [-0.1, -0.05) is 6.92 Å². The zero-order valence-electron chi connectivity index (χ0n) is 13.4. The van der Waals surface area contributed by atoms with Crippen molar-refractivity contribution in [2.45, 2.75) is 27.2 Å². The summed E-state index contributed by atoms with van der Waals surface area (Å²) in [5, 5.41) is 13.1. The van der Waals surface area contributed by atoms with Gasteiger partial charge in [0, 0.05) is 23.5 Å². The van der Waals surface area contributed by atoms with E-state index < -0.39 is 0 Å². The van der Waals surface area contributed by atoms with Gasteiger partial charge >= 0.3 is 0 Å². The first kappa shape index (κ1) is 15.0. The molecule has 1 aromatic carbocycles. The van der Waals surface area contributed by atoms with Crippen LogP contribution in [0.4, 0.5) is 11.6 Å². The Bertz CT molecular complexity index is 803. The van der Waals surface area contributed by atoms with E-state index in [1.807, 2.05) is 51.1 Å². The van der Waals surface area contributed by atoms with Crippen molar-refractivity contribution in [2.24, 2.45) is 0 Å². The molecule has 118 valence electrons. The van der Waals surface area contributed by atoms with Gasteiger partial charge in [-0.3, -0.25) is 4.57 Å². The minimum absolute atomic E-state index is 0.139. The summed E-state index contributed by atoms with van der Waals surface area (Å²) >= 11 is 0. The zero-order chi connectivity index (χ0) is 16.4. The van der Waals surface area contributed by atoms with E-state index in [9.17, 15) is 5.11 Å². The number of benzene rings is 1. The van der Waals surface area contributed by atoms with Gasteiger partial charge in [0.15, 0.2) is 0 Å². The predicted octanol–water partition coefficient (Wildman–Crippen LogP) is 3.29. The lowest BCUT2D eigenvalue weighted by atomic mass is 10.2. The molecular weight excluding hydrogens is 290 g/mol. The van der Waals surface area contributed by atoms with Gasteiger partial charge < -0.3 is 10.4 Å². The van der Waals surface area contributed by atoms with Gasteiger partial charge in [-0.15, -0.1) is 0 Å². The number of hydrogen-bond donors (Lipinski definition) is 2. The van der Waals surface area contributed by atoms with Crippen LogP contribution in [0, 0.1) is 13.8 Å². The molecular formula is C17H19N5O. The number of aromatic nitrogens is 4. The molecule has 3 rings (SSSR count). The molecule has 0 atom stereocenters. The fourth-order valence-corrected chi connectivity index (χ4v) is 2.52. The lowest BCUT2D eigenvalue weighted by molar-refractivity contribution is 0.440. The fraction of sp³-hybridized carbons (Fsp3) is 0.235. The highest BCUT2D eigenvalue weighted by Crippen LogP contribution is 2.22. The van der Waals surface area contributed by atoms with E-state index in [2.05, 4.69) is 20.3 Å². The van der Waals surface area contributed by atoms with Crippen LogP contribution in [0.1, 0.15) is 24.1 Å².